The summed E-state index contributed by atoms with van der Waals surface area (Å²) in [6.07, 6.45) is 6.07. The second-order valence-corrected chi connectivity index (χ2v) is 9.67. The van der Waals surface area contributed by atoms with Gasteiger partial charge < -0.3 is 4.90 Å². The van der Waals surface area contributed by atoms with E-state index in [1.807, 2.05) is 11.8 Å². The summed E-state index contributed by atoms with van der Waals surface area (Å²) in [5.74, 6) is 0.202. The van der Waals surface area contributed by atoms with Gasteiger partial charge in [-0.25, -0.2) is 9.97 Å². The van der Waals surface area contributed by atoms with Crippen LogP contribution < -0.4 is 0 Å². The predicted octanol–water partition coefficient (Wildman–Crippen LogP) is 4.25. The molecule has 3 aromatic rings. The first-order valence-electron chi connectivity index (χ1n) is 9.48. The quantitative estimate of drug-likeness (QED) is 0.491. The standard InChI is InChI=1S/C21H21N3OS2/c1-13(21(25)24-10-9-14-5-2-3-6-15(14)11-24)26-19-18-16-7-4-8-17(16)27-20(18)23-12-22-19/h2-3,5-6,12-13H,4,7-11H2,1H3/t13-/m0/s1. The Hall–Kier alpha value is -1.92. The lowest BCUT2D eigenvalue weighted by Gasteiger charge is -2.30. The van der Waals surface area contributed by atoms with Gasteiger partial charge in [-0.05, 0) is 49.3 Å². The first-order valence-corrected chi connectivity index (χ1v) is 11.2. The van der Waals surface area contributed by atoms with Crippen molar-refractivity contribution >= 4 is 39.2 Å². The van der Waals surface area contributed by atoms with E-state index < -0.39 is 0 Å². The Morgan fingerprint density at radius 3 is 2.93 bits per heavy atom. The van der Waals surface area contributed by atoms with E-state index in [4.69, 9.17) is 0 Å². The lowest BCUT2D eigenvalue weighted by atomic mass is 10.00. The fourth-order valence-corrected chi connectivity index (χ4v) is 6.47. The van der Waals surface area contributed by atoms with E-state index >= 15 is 0 Å². The van der Waals surface area contributed by atoms with Crippen LogP contribution in [0.15, 0.2) is 35.6 Å². The molecule has 0 fully saturated rings. The number of fused-ring (bicyclic) bond motifs is 4. The van der Waals surface area contributed by atoms with Crippen molar-refractivity contribution in [3.8, 4) is 0 Å². The highest BCUT2D eigenvalue weighted by atomic mass is 32.2. The number of thiophene rings is 1. The van der Waals surface area contributed by atoms with Gasteiger partial charge in [-0.3, -0.25) is 4.79 Å². The zero-order valence-electron chi connectivity index (χ0n) is 15.3. The molecule has 1 aromatic carbocycles. The number of amides is 1. The molecule has 2 aliphatic rings. The summed E-state index contributed by atoms with van der Waals surface area (Å²) in [5.41, 5.74) is 4.06. The summed E-state index contributed by atoms with van der Waals surface area (Å²) < 4.78 is 0. The summed E-state index contributed by atoms with van der Waals surface area (Å²) in [7, 11) is 0. The monoisotopic (exact) mass is 395 g/mol. The zero-order chi connectivity index (χ0) is 18.4. The van der Waals surface area contributed by atoms with Gasteiger partial charge in [0.25, 0.3) is 0 Å². The maximum atomic E-state index is 13.1. The fraction of sp³-hybridized carbons (Fsp3) is 0.381. The highest BCUT2D eigenvalue weighted by Crippen LogP contribution is 2.41. The minimum absolute atomic E-state index is 0.148. The molecule has 3 heterocycles. The van der Waals surface area contributed by atoms with Gasteiger partial charge in [0.2, 0.25) is 5.91 Å². The second kappa shape index (κ2) is 6.91. The van der Waals surface area contributed by atoms with Crippen LogP contribution in [0.1, 0.15) is 34.9 Å². The van der Waals surface area contributed by atoms with Gasteiger partial charge in [-0.2, -0.15) is 0 Å². The van der Waals surface area contributed by atoms with E-state index in [1.165, 1.54) is 33.4 Å². The molecule has 138 valence electrons. The van der Waals surface area contributed by atoms with E-state index in [0.717, 1.165) is 35.7 Å². The Morgan fingerprint density at radius 1 is 1.19 bits per heavy atom. The summed E-state index contributed by atoms with van der Waals surface area (Å²) in [6, 6.07) is 8.44. The van der Waals surface area contributed by atoms with E-state index in [9.17, 15) is 4.79 Å². The predicted molar refractivity (Wildman–Crippen MR) is 110 cm³/mol. The van der Waals surface area contributed by atoms with Crippen LogP contribution >= 0.6 is 23.1 Å². The molecule has 1 amide bonds. The van der Waals surface area contributed by atoms with Gasteiger partial charge in [0.15, 0.2) is 0 Å². The van der Waals surface area contributed by atoms with Crippen molar-refractivity contribution in [2.45, 2.75) is 49.4 Å². The molecule has 4 nitrogen and oxygen atoms in total. The number of nitrogens with zero attached hydrogens (tertiary/aromatic N) is 3. The smallest absolute Gasteiger partial charge is 0.236 e. The summed E-state index contributed by atoms with van der Waals surface area (Å²) in [6.45, 7) is 3.52. The Bertz CT molecular complexity index is 1030. The topological polar surface area (TPSA) is 46.1 Å². The number of carbonyl (C=O) groups is 1. The van der Waals surface area contributed by atoms with Crippen LogP contribution in [0.25, 0.3) is 10.2 Å². The largest absolute Gasteiger partial charge is 0.337 e. The van der Waals surface area contributed by atoms with Gasteiger partial charge in [0.05, 0.1) is 5.25 Å². The van der Waals surface area contributed by atoms with Crippen molar-refractivity contribution in [2.75, 3.05) is 6.54 Å². The number of carbonyl (C=O) groups excluding carboxylic acids is 1. The van der Waals surface area contributed by atoms with Gasteiger partial charge in [-0.1, -0.05) is 36.0 Å². The number of thioether (sulfide) groups is 1. The molecule has 6 heteroatoms. The highest BCUT2D eigenvalue weighted by Gasteiger charge is 2.27. The van der Waals surface area contributed by atoms with Gasteiger partial charge in [0.1, 0.15) is 16.2 Å². The second-order valence-electron chi connectivity index (χ2n) is 7.25. The number of aryl methyl sites for hydroxylation is 2. The zero-order valence-corrected chi connectivity index (χ0v) is 16.9. The maximum Gasteiger partial charge on any atom is 0.236 e. The van der Waals surface area contributed by atoms with E-state index in [2.05, 4.69) is 34.2 Å². The van der Waals surface area contributed by atoms with Crippen molar-refractivity contribution in [3.63, 3.8) is 0 Å². The van der Waals surface area contributed by atoms with Crippen molar-refractivity contribution in [1.82, 2.24) is 14.9 Å². The minimum Gasteiger partial charge on any atom is -0.337 e. The molecule has 0 radical (unpaired) electrons. The molecule has 27 heavy (non-hydrogen) atoms. The van der Waals surface area contributed by atoms with Crippen LogP contribution in [0, 0.1) is 0 Å². The number of rotatable bonds is 3. The van der Waals surface area contributed by atoms with Crippen molar-refractivity contribution in [2.24, 2.45) is 0 Å². The molecule has 0 unspecified atom stereocenters. The van der Waals surface area contributed by atoms with Crippen LogP contribution in [-0.4, -0.2) is 32.6 Å². The lowest BCUT2D eigenvalue weighted by Crippen LogP contribution is -2.40. The third-order valence-electron chi connectivity index (χ3n) is 5.55. The third kappa shape index (κ3) is 3.05. The first kappa shape index (κ1) is 17.2. The van der Waals surface area contributed by atoms with E-state index in [0.29, 0.717) is 6.54 Å². The molecule has 1 aliphatic heterocycles. The van der Waals surface area contributed by atoms with E-state index in [-0.39, 0.29) is 11.2 Å². The number of hydrogen-bond donors (Lipinski definition) is 0. The van der Waals surface area contributed by atoms with Crippen molar-refractivity contribution in [1.29, 1.82) is 0 Å². The van der Waals surface area contributed by atoms with Crippen LogP contribution in [0.4, 0.5) is 0 Å². The molecule has 5 rings (SSSR count). The molecule has 0 saturated carbocycles. The molecule has 1 aliphatic carbocycles. The number of aromatic nitrogens is 2. The SMILES string of the molecule is C[C@H](Sc1ncnc2sc3c(c12)CCC3)C(=O)N1CCc2ccccc2C1. The average molecular weight is 396 g/mol. The minimum atomic E-state index is -0.148. The van der Waals surface area contributed by atoms with Crippen molar-refractivity contribution < 1.29 is 4.79 Å². The molecule has 0 spiro atoms. The Balaban J connectivity index is 1.37. The Labute approximate surface area is 167 Å². The molecular formula is C21H21N3OS2. The van der Waals surface area contributed by atoms with Gasteiger partial charge >= 0.3 is 0 Å². The summed E-state index contributed by atoms with van der Waals surface area (Å²) >= 11 is 3.39. The van der Waals surface area contributed by atoms with Crippen LogP contribution in [0.2, 0.25) is 0 Å². The average Bonchev–Trinajstić information content (AvgIpc) is 3.28. The lowest BCUT2D eigenvalue weighted by molar-refractivity contribution is -0.131. The molecule has 0 N–H and O–H groups in total. The first-order chi connectivity index (χ1) is 13.2. The molecule has 0 bridgehead atoms. The molecule has 1 atom stereocenters. The van der Waals surface area contributed by atoms with Crippen LogP contribution in [0.5, 0.6) is 0 Å². The maximum absolute atomic E-state index is 13.1. The summed E-state index contributed by atoms with van der Waals surface area (Å²) in [4.78, 5) is 26.6. The Kier molecular flexibility index (Phi) is 4.40. The summed E-state index contributed by atoms with van der Waals surface area (Å²) in [5, 5.41) is 2.02. The number of benzene rings is 1. The normalized spacial score (nSPS) is 17.0. The third-order valence-corrected chi connectivity index (χ3v) is 7.83. The molecule has 2 aromatic heterocycles. The number of hydrogen-bond acceptors (Lipinski definition) is 5. The highest BCUT2D eigenvalue weighted by molar-refractivity contribution is 8.00. The van der Waals surface area contributed by atoms with Crippen LogP contribution in [0.3, 0.4) is 0 Å². The van der Waals surface area contributed by atoms with Gasteiger partial charge in [-0.15, -0.1) is 11.3 Å². The molecule has 0 saturated heterocycles. The molecular weight excluding hydrogens is 374 g/mol. The fourth-order valence-electron chi connectivity index (χ4n) is 4.15. The van der Waals surface area contributed by atoms with E-state index in [1.54, 1.807) is 29.4 Å². The Morgan fingerprint density at radius 2 is 2.04 bits per heavy atom. The van der Waals surface area contributed by atoms with Crippen LogP contribution in [-0.2, 0) is 30.6 Å². The van der Waals surface area contributed by atoms with Gasteiger partial charge in [0, 0.05) is 23.4 Å². The van der Waals surface area contributed by atoms with Crippen molar-refractivity contribution in [3.05, 3.63) is 52.2 Å².